The highest BCUT2D eigenvalue weighted by atomic mass is 127. The van der Waals surface area contributed by atoms with E-state index in [-0.39, 0.29) is 29.8 Å². The first kappa shape index (κ1) is 23.7. The first-order valence-electron chi connectivity index (χ1n) is 9.47. The number of aliphatic imine (C=N–C) groups is 1. The molecule has 3 aromatic rings. The fourth-order valence-electron chi connectivity index (χ4n) is 3.11. The van der Waals surface area contributed by atoms with Gasteiger partial charge >= 0.3 is 5.97 Å². The van der Waals surface area contributed by atoms with Crippen molar-refractivity contribution in [1.82, 2.24) is 15.6 Å². The molecule has 2 heterocycles. The number of H-pyrrole nitrogens is 1. The van der Waals surface area contributed by atoms with Gasteiger partial charge in [0.25, 0.3) is 0 Å². The van der Waals surface area contributed by atoms with E-state index in [1.54, 1.807) is 19.1 Å². The largest absolute Gasteiger partial charge is 0.465 e. The van der Waals surface area contributed by atoms with E-state index < -0.39 is 5.97 Å². The summed E-state index contributed by atoms with van der Waals surface area (Å²) in [5.74, 6) is 1.06. The summed E-state index contributed by atoms with van der Waals surface area (Å²) in [6, 6.07) is 6.39. The summed E-state index contributed by atoms with van der Waals surface area (Å²) in [7, 11) is 1.34. The number of furan rings is 1. The van der Waals surface area contributed by atoms with Crippen LogP contribution >= 0.6 is 24.0 Å². The van der Waals surface area contributed by atoms with Crippen molar-refractivity contribution in [2.45, 2.75) is 26.8 Å². The third-order valence-electron chi connectivity index (χ3n) is 4.53. The molecule has 0 fully saturated rings. The SMILES string of the molecule is CCNC(=NCc1cc(C(=O)OC)c(C)o1)NCCc1c[nH]c2cc(F)ccc12.I. The molecule has 30 heavy (non-hydrogen) atoms. The summed E-state index contributed by atoms with van der Waals surface area (Å²) in [6.45, 7) is 5.36. The van der Waals surface area contributed by atoms with E-state index >= 15 is 0 Å². The number of aryl methyl sites for hydroxylation is 1. The first-order valence-corrected chi connectivity index (χ1v) is 9.47. The van der Waals surface area contributed by atoms with Gasteiger partial charge in [0.1, 0.15) is 29.4 Å². The quantitative estimate of drug-likeness (QED) is 0.187. The Balaban J connectivity index is 0.00000320. The van der Waals surface area contributed by atoms with Gasteiger partial charge in [0, 0.05) is 30.2 Å². The van der Waals surface area contributed by atoms with Gasteiger partial charge in [0.05, 0.1) is 7.11 Å². The number of carbonyl (C=O) groups is 1. The number of esters is 1. The highest BCUT2D eigenvalue weighted by molar-refractivity contribution is 14.0. The third-order valence-corrected chi connectivity index (χ3v) is 4.53. The van der Waals surface area contributed by atoms with Crippen LogP contribution in [0.25, 0.3) is 10.9 Å². The van der Waals surface area contributed by atoms with Gasteiger partial charge in [-0.15, -0.1) is 24.0 Å². The molecule has 1 aromatic carbocycles. The molecule has 0 spiro atoms. The molecule has 3 N–H and O–H groups in total. The summed E-state index contributed by atoms with van der Waals surface area (Å²) >= 11 is 0. The number of nitrogens with zero attached hydrogens (tertiary/aromatic N) is 1. The molecule has 7 nitrogen and oxygen atoms in total. The number of hydrogen-bond acceptors (Lipinski definition) is 4. The third kappa shape index (κ3) is 5.74. The fourth-order valence-corrected chi connectivity index (χ4v) is 3.11. The number of carbonyl (C=O) groups excluding carboxylic acids is 1. The number of rotatable bonds is 7. The lowest BCUT2D eigenvalue weighted by molar-refractivity contribution is 0.0599. The number of ether oxygens (including phenoxy) is 1. The van der Waals surface area contributed by atoms with Gasteiger partial charge < -0.3 is 24.8 Å². The molecule has 9 heteroatoms. The summed E-state index contributed by atoms with van der Waals surface area (Å²) in [6.07, 6.45) is 2.65. The van der Waals surface area contributed by atoms with Crippen LogP contribution in [0.4, 0.5) is 4.39 Å². The Hall–Kier alpha value is -2.56. The molecular formula is C21H26FIN4O3. The standard InChI is InChI=1S/C21H25FN4O3.HI/c1-4-23-21(26-12-16-10-18(13(2)29-16)20(27)28-3)24-8-7-14-11-25-19-9-15(22)5-6-17(14)19;/h5-6,9-11,25H,4,7-8,12H2,1-3H3,(H2,23,24,26);1H. The smallest absolute Gasteiger partial charge is 0.341 e. The van der Waals surface area contributed by atoms with Gasteiger partial charge in [-0.05, 0) is 50.1 Å². The van der Waals surface area contributed by atoms with Gasteiger partial charge in [0.2, 0.25) is 0 Å². The number of guanidine groups is 1. The number of halogens is 2. The zero-order valence-electron chi connectivity index (χ0n) is 17.2. The first-order chi connectivity index (χ1) is 14.0. The van der Waals surface area contributed by atoms with E-state index in [2.05, 4.69) is 20.6 Å². The molecule has 0 aliphatic rings. The Morgan fingerprint density at radius 2 is 2.10 bits per heavy atom. The fraction of sp³-hybridized carbons (Fsp3) is 0.333. The average Bonchev–Trinajstić information content (AvgIpc) is 3.28. The van der Waals surface area contributed by atoms with Crippen LogP contribution in [0.15, 0.2) is 39.9 Å². The van der Waals surface area contributed by atoms with Gasteiger partial charge in [-0.2, -0.15) is 0 Å². The van der Waals surface area contributed by atoms with Crippen molar-refractivity contribution in [3.05, 3.63) is 58.9 Å². The van der Waals surface area contributed by atoms with Crippen LogP contribution in [-0.2, 0) is 17.7 Å². The Bertz CT molecular complexity index is 1030. The second-order valence-corrected chi connectivity index (χ2v) is 6.55. The molecule has 162 valence electrons. The van der Waals surface area contributed by atoms with Crippen LogP contribution in [-0.4, -0.2) is 37.1 Å². The van der Waals surface area contributed by atoms with Gasteiger partial charge in [-0.25, -0.2) is 14.2 Å². The maximum atomic E-state index is 13.3. The normalized spacial score (nSPS) is 11.3. The number of fused-ring (bicyclic) bond motifs is 1. The highest BCUT2D eigenvalue weighted by Gasteiger charge is 2.15. The molecule has 0 aliphatic heterocycles. The lowest BCUT2D eigenvalue weighted by atomic mass is 10.1. The van der Waals surface area contributed by atoms with E-state index in [1.165, 1.54) is 19.2 Å². The molecule has 0 amide bonds. The molecule has 0 radical (unpaired) electrons. The number of aromatic nitrogens is 1. The zero-order valence-corrected chi connectivity index (χ0v) is 19.5. The molecule has 0 unspecified atom stereocenters. The molecule has 3 rings (SSSR count). The number of methoxy groups -OCH3 is 1. The number of nitrogens with one attached hydrogen (secondary N) is 3. The molecule has 0 aliphatic carbocycles. The van der Waals surface area contributed by atoms with Crippen molar-refractivity contribution in [2.24, 2.45) is 4.99 Å². The molecule has 0 saturated carbocycles. The molecule has 0 saturated heterocycles. The maximum absolute atomic E-state index is 13.3. The minimum Gasteiger partial charge on any atom is -0.465 e. The molecular weight excluding hydrogens is 502 g/mol. The van der Waals surface area contributed by atoms with Crippen molar-refractivity contribution in [3.8, 4) is 0 Å². The van der Waals surface area contributed by atoms with Gasteiger partial charge in [-0.3, -0.25) is 0 Å². The summed E-state index contributed by atoms with van der Waals surface area (Å²) in [4.78, 5) is 19.3. The predicted octanol–water partition coefficient (Wildman–Crippen LogP) is 3.91. The topological polar surface area (TPSA) is 91.7 Å². The lowest BCUT2D eigenvalue weighted by Gasteiger charge is -2.10. The van der Waals surface area contributed by atoms with Gasteiger partial charge in [0.15, 0.2) is 5.96 Å². The van der Waals surface area contributed by atoms with Gasteiger partial charge in [-0.1, -0.05) is 0 Å². The Labute approximate surface area is 191 Å². The Morgan fingerprint density at radius 3 is 2.83 bits per heavy atom. The highest BCUT2D eigenvalue weighted by Crippen LogP contribution is 2.19. The predicted molar refractivity (Wildman–Crippen MR) is 125 cm³/mol. The van der Waals surface area contributed by atoms with Crippen LogP contribution in [0.5, 0.6) is 0 Å². The van der Waals surface area contributed by atoms with Crippen molar-refractivity contribution in [3.63, 3.8) is 0 Å². The minimum absolute atomic E-state index is 0. The van der Waals surface area contributed by atoms with Crippen molar-refractivity contribution in [2.75, 3.05) is 20.2 Å². The second kappa shape index (κ2) is 11.0. The van der Waals surface area contributed by atoms with Crippen LogP contribution < -0.4 is 10.6 Å². The maximum Gasteiger partial charge on any atom is 0.341 e. The van der Waals surface area contributed by atoms with Crippen molar-refractivity contribution < 1.29 is 18.3 Å². The van der Waals surface area contributed by atoms with Crippen molar-refractivity contribution >= 4 is 46.8 Å². The molecule has 0 bridgehead atoms. The zero-order chi connectivity index (χ0) is 20.8. The number of hydrogen-bond donors (Lipinski definition) is 3. The average molecular weight is 528 g/mol. The van der Waals surface area contributed by atoms with E-state index in [0.717, 1.165) is 22.9 Å². The second-order valence-electron chi connectivity index (χ2n) is 6.55. The van der Waals surface area contributed by atoms with Crippen LogP contribution in [0.2, 0.25) is 0 Å². The summed E-state index contributed by atoms with van der Waals surface area (Å²) in [5, 5.41) is 7.47. The summed E-state index contributed by atoms with van der Waals surface area (Å²) < 4.78 is 23.6. The van der Waals surface area contributed by atoms with Crippen LogP contribution in [0.1, 0.15) is 34.4 Å². The van der Waals surface area contributed by atoms with E-state index in [1.807, 2.05) is 13.1 Å². The monoisotopic (exact) mass is 528 g/mol. The lowest BCUT2D eigenvalue weighted by Crippen LogP contribution is -2.38. The number of benzene rings is 1. The molecule has 2 aromatic heterocycles. The van der Waals surface area contributed by atoms with Crippen LogP contribution in [0.3, 0.4) is 0 Å². The van der Waals surface area contributed by atoms with E-state index in [9.17, 15) is 9.18 Å². The van der Waals surface area contributed by atoms with Crippen LogP contribution in [0, 0.1) is 12.7 Å². The van der Waals surface area contributed by atoms with E-state index in [0.29, 0.717) is 42.7 Å². The Kier molecular flexibility index (Phi) is 8.70. The number of aromatic amines is 1. The van der Waals surface area contributed by atoms with E-state index in [4.69, 9.17) is 9.15 Å². The van der Waals surface area contributed by atoms with Crippen molar-refractivity contribution in [1.29, 1.82) is 0 Å². The summed E-state index contributed by atoms with van der Waals surface area (Å²) in [5.41, 5.74) is 2.30. The Morgan fingerprint density at radius 1 is 1.30 bits per heavy atom. The molecule has 0 atom stereocenters. The minimum atomic E-state index is -0.426.